The minimum atomic E-state index is -0.717. The van der Waals surface area contributed by atoms with E-state index >= 15 is 0 Å². The van der Waals surface area contributed by atoms with Gasteiger partial charge >= 0.3 is 0 Å². The molecule has 0 aliphatic heterocycles. The van der Waals surface area contributed by atoms with Crippen LogP contribution in [-0.2, 0) is 12.0 Å². The number of anilines is 1. The van der Waals surface area contributed by atoms with E-state index in [0.717, 1.165) is 16.6 Å². The van der Waals surface area contributed by atoms with Crippen LogP contribution in [0.25, 0.3) is 11.0 Å². The lowest BCUT2D eigenvalue weighted by atomic mass is 10.1. The van der Waals surface area contributed by atoms with Gasteiger partial charge in [0, 0.05) is 17.1 Å². The Hall–Kier alpha value is -2.75. The number of rotatable bonds is 7. The molecule has 0 radical (unpaired) electrons. The van der Waals surface area contributed by atoms with E-state index in [9.17, 15) is 5.11 Å². The van der Waals surface area contributed by atoms with Crippen molar-refractivity contribution >= 4 is 28.6 Å². The number of aliphatic hydroxyl groups excluding tert-OH is 1. The van der Waals surface area contributed by atoms with Crippen molar-refractivity contribution < 1.29 is 9.84 Å². The van der Waals surface area contributed by atoms with E-state index in [1.54, 1.807) is 12.1 Å². The molecule has 0 spiro atoms. The van der Waals surface area contributed by atoms with Crippen LogP contribution in [0.15, 0.2) is 42.5 Å². The van der Waals surface area contributed by atoms with Crippen LogP contribution in [0, 0.1) is 11.3 Å². The quantitative estimate of drug-likeness (QED) is 0.602. The molecule has 1 heterocycles. The second-order valence-electron chi connectivity index (χ2n) is 7.90. The molecule has 3 aromatic rings. The average Bonchev–Trinajstić information content (AvgIpc) is 3.04. The van der Waals surface area contributed by atoms with Crippen LogP contribution in [-0.4, -0.2) is 33.9 Å². The highest BCUT2D eigenvalue weighted by Crippen LogP contribution is 2.29. The number of hydrogen-bond donors (Lipinski definition) is 2. The number of benzene rings is 2. The van der Waals surface area contributed by atoms with Crippen molar-refractivity contribution in [3.63, 3.8) is 0 Å². The first kappa shape index (κ1) is 21.0. The highest BCUT2D eigenvalue weighted by molar-refractivity contribution is 6.31. The average molecular weight is 413 g/mol. The van der Waals surface area contributed by atoms with Crippen LogP contribution in [0.2, 0.25) is 5.02 Å². The van der Waals surface area contributed by atoms with Gasteiger partial charge in [0.05, 0.1) is 23.5 Å². The maximum atomic E-state index is 10.3. The molecule has 2 aromatic carbocycles. The summed E-state index contributed by atoms with van der Waals surface area (Å²) in [7, 11) is 0. The molecular weight excluding hydrogens is 388 g/mol. The molecule has 1 unspecified atom stereocenters. The van der Waals surface area contributed by atoms with E-state index in [1.165, 1.54) is 0 Å². The summed E-state index contributed by atoms with van der Waals surface area (Å²) in [5.74, 6) is 1.33. The van der Waals surface area contributed by atoms with Gasteiger partial charge in [-0.2, -0.15) is 5.26 Å². The van der Waals surface area contributed by atoms with Gasteiger partial charge in [-0.05, 0) is 56.7 Å². The maximum absolute atomic E-state index is 10.3. The summed E-state index contributed by atoms with van der Waals surface area (Å²) in [6.45, 7) is 6.72. The normalized spacial score (nSPS) is 12.6. The molecule has 0 saturated carbocycles. The zero-order valence-electron chi connectivity index (χ0n) is 16.8. The van der Waals surface area contributed by atoms with E-state index < -0.39 is 6.10 Å². The number of imidazole rings is 1. The van der Waals surface area contributed by atoms with Gasteiger partial charge in [0.2, 0.25) is 5.95 Å². The van der Waals surface area contributed by atoms with Crippen LogP contribution in [0.1, 0.15) is 26.3 Å². The Kier molecular flexibility index (Phi) is 6.31. The van der Waals surface area contributed by atoms with Crippen LogP contribution >= 0.6 is 11.6 Å². The van der Waals surface area contributed by atoms with E-state index in [2.05, 4.69) is 41.7 Å². The van der Waals surface area contributed by atoms with Gasteiger partial charge in [0.25, 0.3) is 0 Å². The number of nitrogens with zero attached hydrogens (tertiary/aromatic N) is 3. The molecule has 0 fully saturated rings. The van der Waals surface area contributed by atoms with Crippen molar-refractivity contribution in [3.05, 3.63) is 53.1 Å². The third-order valence-corrected chi connectivity index (χ3v) is 4.67. The molecule has 7 heteroatoms. The second-order valence-corrected chi connectivity index (χ2v) is 8.34. The maximum Gasteiger partial charge on any atom is 0.204 e. The molecule has 3 rings (SSSR count). The molecule has 0 bridgehead atoms. The Labute approximate surface area is 175 Å². The smallest absolute Gasteiger partial charge is 0.204 e. The number of nitrogens with one attached hydrogen (secondary N) is 1. The van der Waals surface area contributed by atoms with E-state index in [1.807, 2.05) is 30.3 Å². The molecule has 152 valence electrons. The lowest BCUT2D eigenvalue weighted by Gasteiger charge is -2.25. The van der Waals surface area contributed by atoms with Crippen molar-refractivity contribution in [2.75, 3.05) is 18.5 Å². The summed E-state index contributed by atoms with van der Waals surface area (Å²) in [5, 5.41) is 22.9. The third-order valence-electron chi connectivity index (χ3n) is 4.43. The molecule has 1 aromatic heterocycles. The first-order valence-corrected chi connectivity index (χ1v) is 9.85. The van der Waals surface area contributed by atoms with Gasteiger partial charge < -0.3 is 19.7 Å². The van der Waals surface area contributed by atoms with E-state index in [-0.39, 0.29) is 12.1 Å². The summed E-state index contributed by atoms with van der Waals surface area (Å²) in [5.41, 5.74) is 2.50. The molecule has 0 aliphatic carbocycles. The number of nitriles is 1. The Bertz CT molecular complexity index is 1020. The number of aliphatic hydroxyl groups is 1. The van der Waals surface area contributed by atoms with Gasteiger partial charge in [0.1, 0.15) is 18.5 Å². The molecule has 0 amide bonds. The van der Waals surface area contributed by atoms with Crippen molar-refractivity contribution in [2.45, 2.75) is 38.8 Å². The van der Waals surface area contributed by atoms with Gasteiger partial charge in [0.15, 0.2) is 0 Å². The monoisotopic (exact) mass is 412 g/mol. The fourth-order valence-corrected chi connectivity index (χ4v) is 3.27. The fraction of sp³-hybridized carbons (Fsp3) is 0.364. The number of halogens is 1. The van der Waals surface area contributed by atoms with Gasteiger partial charge in [-0.1, -0.05) is 23.7 Å². The predicted molar refractivity (Wildman–Crippen MR) is 115 cm³/mol. The lowest BCUT2D eigenvalue weighted by Crippen LogP contribution is -2.29. The van der Waals surface area contributed by atoms with Crippen molar-refractivity contribution in [3.8, 4) is 11.8 Å². The Morgan fingerprint density at radius 2 is 1.97 bits per heavy atom. The Morgan fingerprint density at radius 1 is 1.24 bits per heavy atom. The molecule has 2 N–H and O–H groups in total. The lowest BCUT2D eigenvalue weighted by molar-refractivity contribution is 0.117. The summed E-state index contributed by atoms with van der Waals surface area (Å²) in [6, 6.07) is 15.0. The second kappa shape index (κ2) is 8.73. The van der Waals surface area contributed by atoms with Crippen molar-refractivity contribution in [1.82, 2.24) is 9.55 Å². The summed E-state index contributed by atoms with van der Waals surface area (Å²) < 4.78 is 7.72. The summed E-state index contributed by atoms with van der Waals surface area (Å²) in [4.78, 5) is 4.65. The molecular formula is C22H25ClN4O2. The first-order chi connectivity index (χ1) is 13.8. The van der Waals surface area contributed by atoms with Gasteiger partial charge in [-0.3, -0.25) is 0 Å². The van der Waals surface area contributed by atoms with Crippen LogP contribution in [0.5, 0.6) is 5.75 Å². The number of ether oxygens (including phenoxy) is 1. The van der Waals surface area contributed by atoms with Crippen molar-refractivity contribution in [2.24, 2.45) is 0 Å². The fourth-order valence-electron chi connectivity index (χ4n) is 3.10. The third kappa shape index (κ3) is 5.20. The Morgan fingerprint density at radius 3 is 2.62 bits per heavy atom. The van der Waals surface area contributed by atoms with Crippen LogP contribution < -0.4 is 10.1 Å². The number of hydrogen-bond acceptors (Lipinski definition) is 5. The largest absolute Gasteiger partial charge is 0.491 e. The molecule has 6 nitrogen and oxygen atoms in total. The topological polar surface area (TPSA) is 83.1 Å². The standard InChI is InChI=1S/C22H25ClN4O2/c1-22(2,3)27-20-12-16(23)6-9-19(20)26-21(27)25-13-17(28)14-29-18-7-4-15(5-8-18)10-11-24/h4-9,12,17,28H,10,13-14H2,1-3H3,(H,25,26). The van der Waals surface area contributed by atoms with Gasteiger partial charge in [-0.25, -0.2) is 4.98 Å². The summed E-state index contributed by atoms with van der Waals surface area (Å²) in [6.07, 6.45) is -0.349. The first-order valence-electron chi connectivity index (χ1n) is 9.47. The minimum Gasteiger partial charge on any atom is -0.491 e. The number of aromatic nitrogens is 2. The number of fused-ring (bicyclic) bond motifs is 1. The zero-order valence-corrected chi connectivity index (χ0v) is 17.6. The Balaban J connectivity index is 1.64. The van der Waals surface area contributed by atoms with Crippen LogP contribution in [0.4, 0.5) is 5.95 Å². The van der Waals surface area contributed by atoms with Crippen molar-refractivity contribution in [1.29, 1.82) is 5.26 Å². The highest BCUT2D eigenvalue weighted by Gasteiger charge is 2.22. The highest BCUT2D eigenvalue weighted by atomic mass is 35.5. The molecule has 0 saturated heterocycles. The van der Waals surface area contributed by atoms with Gasteiger partial charge in [-0.15, -0.1) is 0 Å². The molecule has 1 atom stereocenters. The SMILES string of the molecule is CC(C)(C)n1c(NCC(O)COc2ccc(CC#N)cc2)nc2ccc(Cl)cc21. The molecule has 0 aliphatic rings. The molecule has 29 heavy (non-hydrogen) atoms. The minimum absolute atomic E-state index is 0.145. The van der Waals surface area contributed by atoms with Crippen LogP contribution in [0.3, 0.4) is 0 Å². The summed E-state index contributed by atoms with van der Waals surface area (Å²) >= 11 is 6.17. The van der Waals surface area contributed by atoms with E-state index in [4.69, 9.17) is 21.6 Å². The zero-order chi connectivity index (χ0) is 21.0. The van der Waals surface area contributed by atoms with E-state index in [0.29, 0.717) is 29.7 Å². The predicted octanol–water partition coefficient (Wildman–Crippen LogP) is 4.36.